The summed E-state index contributed by atoms with van der Waals surface area (Å²) < 4.78 is 10.1. The van der Waals surface area contributed by atoms with E-state index in [1.54, 1.807) is 31.4 Å². The lowest BCUT2D eigenvalue weighted by atomic mass is 10.1. The molecule has 2 N–H and O–H groups in total. The normalized spacial score (nSPS) is 11.5. The van der Waals surface area contributed by atoms with Gasteiger partial charge in [-0.2, -0.15) is 0 Å². The van der Waals surface area contributed by atoms with E-state index < -0.39 is 12.2 Å². The van der Waals surface area contributed by atoms with Crippen molar-refractivity contribution in [2.45, 2.75) is 12.7 Å². The zero-order valence-corrected chi connectivity index (χ0v) is 12.4. The van der Waals surface area contributed by atoms with E-state index >= 15 is 0 Å². The van der Waals surface area contributed by atoms with Gasteiger partial charge in [0.15, 0.2) is 0 Å². The Morgan fingerprint density at radius 2 is 1.82 bits per heavy atom. The number of alkyl carbamates (subject to hydrolysis) is 1. The minimum absolute atomic E-state index is 0.0833. The van der Waals surface area contributed by atoms with Gasteiger partial charge in [0.25, 0.3) is 0 Å². The van der Waals surface area contributed by atoms with Crippen LogP contribution in [-0.4, -0.2) is 24.9 Å². The van der Waals surface area contributed by atoms with Crippen LogP contribution in [0.15, 0.2) is 54.6 Å². The summed E-state index contributed by atoms with van der Waals surface area (Å²) >= 11 is 0. The number of methoxy groups -OCH3 is 1. The first kappa shape index (κ1) is 15.9. The smallest absolute Gasteiger partial charge is 0.407 e. The van der Waals surface area contributed by atoms with E-state index in [1.807, 2.05) is 30.3 Å². The number of benzene rings is 2. The average molecular weight is 301 g/mol. The SMILES string of the molecule is COc1ccc([C@@H](O)CNC(=O)OCc2ccccc2)cc1. The Balaban J connectivity index is 1.75. The number of nitrogens with one attached hydrogen (secondary N) is 1. The van der Waals surface area contributed by atoms with Crippen LogP contribution in [0.3, 0.4) is 0 Å². The second kappa shape index (κ2) is 8.05. The Hall–Kier alpha value is -2.53. The van der Waals surface area contributed by atoms with E-state index in [2.05, 4.69) is 5.32 Å². The van der Waals surface area contributed by atoms with Gasteiger partial charge in [0.2, 0.25) is 0 Å². The summed E-state index contributed by atoms with van der Waals surface area (Å²) in [5, 5.41) is 12.5. The number of carbonyl (C=O) groups excluding carboxylic acids is 1. The molecule has 0 heterocycles. The van der Waals surface area contributed by atoms with Gasteiger partial charge < -0.3 is 19.9 Å². The van der Waals surface area contributed by atoms with Gasteiger partial charge in [-0.3, -0.25) is 0 Å². The number of amides is 1. The fourth-order valence-electron chi connectivity index (χ4n) is 1.90. The van der Waals surface area contributed by atoms with Crippen molar-refractivity contribution in [3.63, 3.8) is 0 Å². The molecule has 0 saturated heterocycles. The number of aliphatic hydroxyl groups is 1. The summed E-state index contributed by atoms with van der Waals surface area (Å²) in [5.74, 6) is 0.714. The van der Waals surface area contributed by atoms with Crippen molar-refractivity contribution in [2.24, 2.45) is 0 Å². The molecule has 0 aliphatic rings. The van der Waals surface area contributed by atoms with E-state index in [9.17, 15) is 9.90 Å². The van der Waals surface area contributed by atoms with Crippen LogP contribution in [0.4, 0.5) is 4.79 Å². The van der Waals surface area contributed by atoms with Gasteiger partial charge in [-0.1, -0.05) is 42.5 Å². The Morgan fingerprint density at radius 3 is 2.45 bits per heavy atom. The molecule has 1 amide bonds. The maximum atomic E-state index is 11.6. The third-order valence-corrected chi connectivity index (χ3v) is 3.15. The minimum Gasteiger partial charge on any atom is -0.497 e. The molecule has 1 atom stereocenters. The zero-order valence-electron chi connectivity index (χ0n) is 12.4. The first-order chi connectivity index (χ1) is 10.7. The van der Waals surface area contributed by atoms with Crippen molar-refractivity contribution < 1.29 is 19.4 Å². The maximum Gasteiger partial charge on any atom is 0.407 e. The fourth-order valence-corrected chi connectivity index (χ4v) is 1.90. The molecule has 2 rings (SSSR count). The lowest BCUT2D eigenvalue weighted by Gasteiger charge is -2.13. The molecule has 0 radical (unpaired) electrons. The van der Waals surface area contributed by atoms with Gasteiger partial charge >= 0.3 is 6.09 Å². The van der Waals surface area contributed by atoms with E-state index in [4.69, 9.17) is 9.47 Å². The summed E-state index contributed by atoms with van der Waals surface area (Å²) in [7, 11) is 1.58. The molecule has 2 aromatic rings. The van der Waals surface area contributed by atoms with Gasteiger partial charge in [-0.05, 0) is 23.3 Å². The summed E-state index contributed by atoms with van der Waals surface area (Å²) in [6, 6.07) is 16.4. The van der Waals surface area contributed by atoms with E-state index in [0.717, 1.165) is 5.56 Å². The third-order valence-electron chi connectivity index (χ3n) is 3.15. The number of rotatable bonds is 6. The van der Waals surface area contributed by atoms with Crippen molar-refractivity contribution >= 4 is 6.09 Å². The minimum atomic E-state index is -0.796. The molecule has 2 aromatic carbocycles. The predicted octanol–water partition coefficient (Wildman–Crippen LogP) is 2.66. The highest BCUT2D eigenvalue weighted by Gasteiger charge is 2.10. The van der Waals surface area contributed by atoms with Crippen LogP contribution in [0, 0.1) is 0 Å². The topological polar surface area (TPSA) is 67.8 Å². The van der Waals surface area contributed by atoms with Crippen molar-refractivity contribution in [3.8, 4) is 5.75 Å². The van der Waals surface area contributed by atoms with Gasteiger partial charge in [0.1, 0.15) is 12.4 Å². The second-order valence-electron chi connectivity index (χ2n) is 4.73. The number of aliphatic hydroxyl groups excluding tert-OH is 1. The number of hydrogen-bond acceptors (Lipinski definition) is 4. The summed E-state index contributed by atoms with van der Waals surface area (Å²) in [6.45, 7) is 0.283. The fraction of sp³-hybridized carbons (Fsp3) is 0.235. The monoisotopic (exact) mass is 301 g/mol. The molecule has 5 heteroatoms. The largest absolute Gasteiger partial charge is 0.497 e. The van der Waals surface area contributed by atoms with Gasteiger partial charge in [-0.15, -0.1) is 0 Å². The van der Waals surface area contributed by atoms with Crippen molar-refractivity contribution in [1.29, 1.82) is 0 Å². The molecule has 0 fully saturated rings. The van der Waals surface area contributed by atoms with Crippen LogP contribution in [0.2, 0.25) is 0 Å². The lowest BCUT2D eigenvalue weighted by molar-refractivity contribution is 0.126. The van der Waals surface area contributed by atoms with Gasteiger partial charge in [0, 0.05) is 0 Å². The number of ether oxygens (including phenoxy) is 2. The van der Waals surface area contributed by atoms with Crippen LogP contribution in [0.1, 0.15) is 17.2 Å². The molecule has 0 aliphatic heterocycles. The van der Waals surface area contributed by atoms with E-state index in [1.165, 1.54) is 0 Å². The molecule has 0 saturated carbocycles. The quantitative estimate of drug-likeness (QED) is 0.860. The maximum absolute atomic E-state index is 11.6. The number of carbonyl (C=O) groups is 1. The Morgan fingerprint density at radius 1 is 1.14 bits per heavy atom. The molecule has 116 valence electrons. The molecule has 0 bridgehead atoms. The summed E-state index contributed by atoms with van der Waals surface area (Å²) in [4.78, 5) is 11.6. The molecular weight excluding hydrogens is 282 g/mol. The lowest BCUT2D eigenvalue weighted by Crippen LogP contribution is -2.28. The molecule has 0 spiro atoms. The van der Waals surface area contributed by atoms with Crippen molar-refractivity contribution in [3.05, 3.63) is 65.7 Å². The van der Waals surface area contributed by atoms with E-state index in [-0.39, 0.29) is 13.2 Å². The average Bonchev–Trinajstić information content (AvgIpc) is 2.58. The Kier molecular flexibility index (Phi) is 5.80. The molecule has 0 aromatic heterocycles. The molecule has 0 unspecified atom stereocenters. The standard InChI is InChI=1S/C17H19NO4/c1-21-15-9-7-14(8-10-15)16(19)11-18-17(20)22-12-13-5-3-2-4-6-13/h2-10,16,19H,11-12H2,1H3,(H,18,20)/t16-/m0/s1. The summed E-state index contributed by atoms with van der Waals surface area (Å²) in [5.41, 5.74) is 1.61. The molecule has 5 nitrogen and oxygen atoms in total. The highest BCUT2D eigenvalue weighted by molar-refractivity contribution is 5.67. The first-order valence-corrected chi connectivity index (χ1v) is 6.95. The highest BCUT2D eigenvalue weighted by atomic mass is 16.5. The Bertz CT molecular complexity index is 583. The van der Waals surface area contributed by atoms with E-state index in [0.29, 0.717) is 11.3 Å². The molecular formula is C17H19NO4. The highest BCUT2D eigenvalue weighted by Crippen LogP contribution is 2.16. The molecule has 22 heavy (non-hydrogen) atoms. The van der Waals surface area contributed by atoms with Gasteiger partial charge in [-0.25, -0.2) is 4.79 Å². The van der Waals surface area contributed by atoms with Crippen molar-refractivity contribution in [1.82, 2.24) is 5.32 Å². The predicted molar refractivity (Wildman–Crippen MR) is 82.6 cm³/mol. The zero-order chi connectivity index (χ0) is 15.8. The Labute approximate surface area is 129 Å². The van der Waals surface area contributed by atoms with Crippen LogP contribution in [0.5, 0.6) is 5.75 Å². The van der Waals surface area contributed by atoms with Crippen molar-refractivity contribution in [2.75, 3.05) is 13.7 Å². The number of hydrogen-bond donors (Lipinski definition) is 2. The second-order valence-corrected chi connectivity index (χ2v) is 4.73. The van der Waals surface area contributed by atoms with Crippen LogP contribution in [0.25, 0.3) is 0 Å². The third kappa shape index (κ3) is 4.79. The molecule has 0 aliphatic carbocycles. The van der Waals surface area contributed by atoms with Crippen LogP contribution in [-0.2, 0) is 11.3 Å². The van der Waals surface area contributed by atoms with Crippen LogP contribution < -0.4 is 10.1 Å². The summed E-state index contributed by atoms with van der Waals surface area (Å²) in [6.07, 6.45) is -1.36. The van der Waals surface area contributed by atoms with Crippen LogP contribution >= 0.6 is 0 Å². The van der Waals surface area contributed by atoms with Gasteiger partial charge in [0.05, 0.1) is 19.8 Å². The first-order valence-electron chi connectivity index (χ1n) is 6.95.